The van der Waals surface area contributed by atoms with E-state index >= 15 is 0 Å². The van der Waals surface area contributed by atoms with Gasteiger partial charge >= 0.3 is 5.97 Å². The molecule has 1 heterocycles. The number of carbonyl (C=O) groups is 1. The normalized spacial score (nSPS) is 10.5. The molecule has 106 valence electrons. The first-order chi connectivity index (χ1) is 9.56. The van der Waals surface area contributed by atoms with Gasteiger partial charge in [-0.3, -0.25) is 4.79 Å². The molecule has 0 spiro atoms. The number of para-hydroxylation sites is 1. The average molecular weight is 290 g/mol. The van der Waals surface area contributed by atoms with E-state index in [0.717, 1.165) is 21.1 Å². The number of anilines is 1. The molecule has 0 amide bonds. The number of rotatable bonds is 6. The molecule has 0 aliphatic rings. The fourth-order valence-electron chi connectivity index (χ4n) is 2.10. The third-order valence-electron chi connectivity index (χ3n) is 3.07. The van der Waals surface area contributed by atoms with Crippen LogP contribution in [0.15, 0.2) is 30.5 Å². The first-order valence-corrected chi connectivity index (χ1v) is 7.31. The van der Waals surface area contributed by atoms with E-state index in [1.807, 2.05) is 44.3 Å². The Bertz CT molecular complexity index is 595. The second-order valence-corrected chi connectivity index (χ2v) is 6.02. The van der Waals surface area contributed by atoms with Crippen LogP contribution < -0.4 is 4.90 Å². The first-order valence-electron chi connectivity index (χ1n) is 6.50. The van der Waals surface area contributed by atoms with Gasteiger partial charge in [-0.1, -0.05) is 18.2 Å². The fraction of sp³-hybridized carbons (Fsp3) is 0.333. The van der Waals surface area contributed by atoms with Crippen LogP contribution in [0.2, 0.25) is 0 Å². The van der Waals surface area contributed by atoms with Crippen LogP contribution in [-0.4, -0.2) is 22.6 Å². The van der Waals surface area contributed by atoms with Gasteiger partial charge in [0.25, 0.3) is 0 Å². The second-order valence-electron chi connectivity index (χ2n) is 4.70. The molecule has 2 rings (SSSR count). The lowest BCUT2D eigenvalue weighted by Gasteiger charge is -2.25. The summed E-state index contributed by atoms with van der Waals surface area (Å²) >= 11 is 1.65. The Morgan fingerprint density at radius 1 is 1.35 bits per heavy atom. The maximum atomic E-state index is 10.8. The lowest BCUT2D eigenvalue weighted by atomic mass is 10.1. The third kappa shape index (κ3) is 3.81. The number of carboxylic acids is 1. The zero-order chi connectivity index (χ0) is 14.5. The van der Waals surface area contributed by atoms with Crippen LogP contribution in [-0.2, 0) is 11.3 Å². The van der Waals surface area contributed by atoms with Crippen molar-refractivity contribution in [2.45, 2.75) is 26.8 Å². The molecule has 0 aliphatic carbocycles. The molecule has 0 saturated carbocycles. The van der Waals surface area contributed by atoms with E-state index in [2.05, 4.69) is 9.88 Å². The molecule has 5 heteroatoms. The van der Waals surface area contributed by atoms with Crippen molar-refractivity contribution in [3.05, 3.63) is 45.9 Å². The Hall–Kier alpha value is -1.88. The van der Waals surface area contributed by atoms with Crippen molar-refractivity contribution in [2.75, 3.05) is 11.4 Å². The molecule has 0 atom stereocenters. The van der Waals surface area contributed by atoms with Gasteiger partial charge in [-0.2, -0.15) is 0 Å². The van der Waals surface area contributed by atoms with Crippen molar-refractivity contribution in [2.24, 2.45) is 0 Å². The Kier molecular flexibility index (Phi) is 4.74. The van der Waals surface area contributed by atoms with E-state index in [9.17, 15) is 4.79 Å². The average Bonchev–Trinajstić information content (AvgIpc) is 2.81. The topological polar surface area (TPSA) is 53.4 Å². The summed E-state index contributed by atoms with van der Waals surface area (Å²) in [5.41, 5.74) is 2.24. The van der Waals surface area contributed by atoms with Crippen molar-refractivity contribution in [1.82, 2.24) is 4.98 Å². The largest absolute Gasteiger partial charge is 0.481 e. The number of benzene rings is 1. The van der Waals surface area contributed by atoms with Crippen molar-refractivity contribution in [3.63, 3.8) is 0 Å². The summed E-state index contributed by atoms with van der Waals surface area (Å²) in [5.74, 6) is -0.774. The van der Waals surface area contributed by atoms with Gasteiger partial charge in [-0.15, -0.1) is 11.3 Å². The van der Waals surface area contributed by atoms with Gasteiger partial charge in [0, 0.05) is 23.3 Å². The molecule has 0 radical (unpaired) electrons. The van der Waals surface area contributed by atoms with Gasteiger partial charge in [-0.25, -0.2) is 4.98 Å². The molecule has 1 aromatic heterocycles. The van der Waals surface area contributed by atoms with Gasteiger partial charge in [0.1, 0.15) is 0 Å². The minimum atomic E-state index is -0.774. The number of hydrogen-bond donors (Lipinski definition) is 1. The standard InChI is InChI=1S/C15H18N2O2S/c1-11-5-3-4-6-14(11)17(8-7-15(18)19)10-13-9-16-12(2)20-13/h3-6,9H,7-8,10H2,1-2H3,(H,18,19). The molecule has 0 bridgehead atoms. The van der Waals surface area contributed by atoms with Gasteiger partial charge in [0.15, 0.2) is 0 Å². The van der Waals surface area contributed by atoms with E-state index in [4.69, 9.17) is 5.11 Å². The van der Waals surface area contributed by atoms with E-state index in [-0.39, 0.29) is 6.42 Å². The van der Waals surface area contributed by atoms with Gasteiger partial charge in [-0.05, 0) is 25.5 Å². The van der Waals surface area contributed by atoms with Crippen LogP contribution in [0, 0.1) is 13.8 Å². The highest BCUT2D eigenvalue weighted by Crippen LogP contribution is 2.23. The van der Waals surface area contributed by atoms with Crippen LogP contribution in [0.5, 0.6) is 0 Å². The lowest BCUT2D eigenvalue weighted by Crippen LogP contribution is -2.26. The monoisotopic (exact) mass is 290 g/mol. The highest BCUT2D eigenvalue weighted by Gasteiger charge is 2.12. The molecule has 1 aromatic carbocycles. The maximum absolute atomic E-state index is 10.8. The Morgan fingerprint density at radius 2 is 2.10 bits per heavy atom. The zero-order valence-corrected chi connectivity index (χ0v) is 12.5. The Labute approximate surface area is 122 Å². The fourth-order valence-corrected chi connectivity index (χ4v) is 2.91. The highest BCUT2D eigenvalue weighted by molar-refractivity contribution is 7.11. The molecular weight excluding hydrogens is 272 g/mol. The van der Waals surface area contributed by atoms with Crippen LogP contribution >= 0.6 is 11.3 Å². The van der Waals surface area contributed by atoms with E-state index in [0.29, 0.717) is 13.1 Å². The number of aromatic nitrogens is 1. The van der Waals surface area contributed by atoms with Crippen LogP contribution in [0.25, 0.3) is 0 Å². The van der Waals surface area contributed by atoms with E-state index in [1.165, 1.54) is 0 Å². The summed E-state index contributed by atoms with van der Waals surface area (Å²) in [6.07, 6.45) is 2.00. The van der Waals surface area contributed by atoms with Crippen molar-refractivity contribution in [1.29, 1.82) is 0 Å². The first kappa shape index (κ1) is 14.5. The molecule has 0 saturated heterocycles. The Morgan fingerprint density at radius 3 is 2.70 bits per heavy atom. The predicted molar refractivity (Wildman–Crippen MR) is 81.3 cm³/mol. The number of aryl methyl sites for hydroxylation is 2. The van der Waals surface area contributed by atoms with Gasteiger partial charge in [0.05, 0.1) is 18.0 Å². The number of nitrogens with zero attached hydrogens (tertiary/aromatic N) is 2. The molecule has 0 unspecified atom stereocenters. The van der Waals surface area contributed by atoms with E-state index < -0.39 is 5.97 Å². The van der Waals surface area contributed by atoms with Gasteiger partial charge in [0.2, 0.25) is 0 Å². The molecule has 0 fully saturated rings. The zero-order valence-electron chi connectivity index (χ0n) is 11.7. The summed E-state index contributed by atoms with van der Waals surface area (Å²) < 4.78 is 0. The lowest BCUT2D eigenvalue weighted by molar-refractivity contribution is -0.136. The molecule has 4 nitrogen and oxygen atoms in total. The Balaban J connectivity index is 2.20. The predicted octanol–water partition coefficient (Wildman–Crippen LogP) is 3.24. The number of aliphatic carboxylic acids is 1. The quantitative estimate of drug-likeness (QED) is 0.887. The summed E-state index contributed by atoms with van der Waals surface area (Å²) in [6.45, 7) is 5.21. The molecule has 0 aliphatic heterocycles. The summed E-state index contributed by atoms with van der Waals surface area (Å²) in [7, 11) is 0. The van der Waals surface area contributed by atoms with Crippen molar-refractivity contribution >= 4 is 23.0 Å². The van der Waals surface area contributed by atoms with Crippen LogP contribution in [0.3, 0.4) is 0 Å². The summed E-state index contributed by atoms with van der Waals surface area (Å²) in [5, 5.41) is 9.94. The van der Waals surface area contributed by atoms with Gasteiger partial charge < -0.3 is 10.0 Å². The minimum absolute atomic E-state index is 0.131. The smallest absolute Gasteiger partial charge is 0.305 e. The second kappa shape index (κ2) is 6.52. The molecule has 20 heavy (non-hydrogen) atoms. The van der Waals surface area contributed by atoms with Crippen LogP contribution in [0.4, 0.5) is 5.69 Å². The number of hydrogen-bond acceptors (Lipinski definition) is 4. The number of thiazole rings is 1. The third-order valence-corrected chi connectivity index (χ3v) is 3.97. The molecule has 2 aromatic rings. The SMILES string of the molecule is Cc1ncc(CN(CCC(=O)O)c2ccccc2C)s1. The summed E-state index contributed by atoms with van der Waals surface area (Å²) in [4.78, 5) is 18.4. The minimum Gasteiger partial charge on any atom is -0.481 e. The number of carboxylic acid groups (broad SMARTS) is 1. The van der Waals surface area contributed by atoms with Crippen LogP contribution in [0.1, 0.15) is 21.9 Å². The maximum Gasteiger partial charge on any atom is 0.305 e. The molecular formula is C15H18N2O2S. The van der Waals surface area contributed by atoms with Crippen molar-refractivity contribution in [3.8, 4) is 0 Å². The molecule has 1 N–H and O–H groups in total. The van der Waals surface area contributed by atoms with E-state index in [1.54, 1.807) is 11.3 Å². The summed E-state index contributed by atoms with van der Waals surface area (Å²) in [6, 6.07) is 8.05. The highest BCUT2D eigenvalue weighted by atomic mass is 32.1. The van der Waals surface area contributed by atoms with Crippen molar-refractivity contribution < 1.29 is 9.90 Å².